The molecular formula is C27H24Cl2N2O4S. The van der Waals surface area contributed by atoms with Crippen molar-refractivity contribution in [1.29, 1.82) is 0 Å². The Hall–Kier alpha value is -2.97. The Bertz CT molecular complexity index is 1570. The third kappa shape index (κ3) is 5.55. The molecule has 0 aliphatic carbocycles. The first-order valence-corrected chi connectivity index (χ1v) is 13.3. The van der Waals surface area contributed by atoms with Crippen molar-refractivity contribution >= 4 is 50.1 Å². The molecular weight excluding hydrogens is 519 g/mol. The zero-order valence-corrected chi connectivity index (χ0v) is 22.3. The van der Waals surface area contributed by atoms with Gasteiger partial charge in [-0.25, -0.2) is 4.98 Å². The van der Waals surface area contributed by atoms with E-state index in [1.165, 1.54) is 11.0 Å². The van der Waals surface area contributed by atoms with Gasteiger partial charge in [0, 0.05) is 34.6 Å². The Kier molecular flexibility index (Phi) is 7.66. The zero-order valence-electron chi connectivity index (χ0n) is 20.0. The van der Waals surface area contributed by atoms with Crippen LogP contribution in [-0.2, 0) is 25.6 Å². The normalized spacial score (nSPS) is 11.6. The molecule has 1 amide bonds. The highest BCUT2D eigenvalue weighted by molar-refractivity contribution is 7.86. The maximum absolute atomic E-state index is 13.1. The van der Waals surface area contributed by atoms with Crippen molar-refractivity contribution in [2.24, 2.45) is 0 Å². The number of carbonyl (C=O) groups is 1. The second-order valence-corrected chi connectivity index (χ2v) is 10.9. The van der Waals surface area contributed by atoms with Crippen molar-refractivity contribution in [1.82, 2.24) is 9.88 Å². The summed E-state index contributed by atoms with van der Waals surface area (Å²) in [6, 6.07) is 19.6. The summed E-state index contributed by atoms with van der Waals surface area (Å²) in [5.41, 5.74) is 4.40. The molecule has 0 radical (unpaired) electrons. The monoisotopic (exact) mass is 542 g/mol. The van der Waals surface area contributed by atoms with Crippen LogP contribution < -0.4 is 0 Å². The number of benzene rings is 3. The standard InChI is InChI=1S/C27H24Cl2N2O4S/c1-17-12-18(2)27-21(20-9-5-7-11-23(20)29)14-25(30-24(27)13-17)36(33,34)35-16-26(32)31(3)15-19-8-4-6-10-22(19)28/h4-14H,15-16H2,1-3H3. The molecule has 9 heteroatoms. The van der Waals surface area contributed by atoms with Gasteiger partial charge in [-0.1, -0.05) is 65.7 Å². The fourth-order valence-electron chi connectivity index (χ4n) is 4.02. The number of halogens is 2. The van der Waals surface area contributed by atoms with Gasteiger partial charge in [-0.05, 0) is 60.4 Å². The van der Waals surface area contributed by atoms with Crippen molar-refractivity contribution in [2.45, 2.75) is 25.4 Å². The minimum atomic E-state index is -4.36. The smallest absolute Gasteiger partial charge is 0.315 e. The summed E-state index contributed by atoms with van der Waals surface area (Å²) in [5.74, 6) is -0.516. The molecule has 36 heavy (non-hydrogen) atoms. The Morgan fingerprint density at radius 2 is 1.61 bits per heavy atom. The van der Waals surface area contributed by atoms with Crippen molar-refractivity contribution in [3.8, 4) is 11.1 Å². The lowest BCUT2D eigenvalue weighted by Crippen LogP contribution is -2.31. The van der Waals surface area contributed by atoms with Crippen LogP contribution in [0.15, 0.2) is 71.8 Å². The van der Waals surface area contributed by atoms with E-state index in [-0.39, 0.29) is 11.6 Å². The van der Waals surface area contributed by atoms with Crippen LogP contribution in [0.1, 0.15) is 16.7 Å². The predicted molar refractivity (Wildman–Crippen MR) is 143 cm³/mol. The number of nitrogens with zero attached hydrogens (tertiary/aromatic N) is 2. The second-order valence-electron chi connectivity index (χ2n) is 8.52. The fourth-order valence-corrected chi connectivity index (χ4v) is 5.30. The number of likely N-dealkylation sites (N-methyl/N-ethyl adjacent to an activating group) is 1. The second kappa shape index (κ2) is 10.6. The van der Waals surface area contributed by atoms with Crippen LogP contribution in [0, 0.1) is 13.8 Å². The first-order valence-electron chi connectivity index (χ1n) is 11.1. The number of hydrogen-bond acceptors (Lipinski definition) is 5. The topological polar surface area (TPSA) is 76.6 Å². The third-order valence-corrected chi connectivity index (χ3v) is 7.62. The number of aryl methyl sites for hydroxylation is 2. The molecule has 0 saturated heterocycles. The lowest BCUT2D eigenvalue weighted by atomic mass is 9.97. The Balaban J connectivity index is 1.66. The maximum Gasteiger partial charge on any atom is 0.315 e. The van der Waals surface area contributed by atoms with Gasteiger partial charge in [0.2, 0.25) is 5.91 Å². The van der Waals surface area contributed by atoms with Crippen LogP contribution in [0.3, 0.4) is 0 Å². The van der Waals surface area contributed by atoms with E-state index < -0.39 is 22.6 Å². The number of aromatic nitrogens is 1. The van der Waals surface area contributed by atoms with E-state index in [2.05, 4.69) is 4.98 Å². The summed E-state index contributed by atoms with van der Waals surface area (Å²) in [4.78, 5) is 18.4. The van der Waals surface area contributed by atoms with Crippen molar-refractivity contribution in [2.75, 3.05) is 13.7 Å². The summed E-state index contributed by atoms with van der Waals surface area (Å²) in [5, 5.41) is 1.49. The predicted octanol–water partition coefficient (Wildman–Crippen LogP) is 6.19. The summed E-state index contributed by atoms with van der Waals surface area (Å²) in [6.07, 6.45) is 0. The van der Waals surface area contributed by atoms with Gasteiger partial charge in [-0.15, -0.1) is 0 Å². The van der Waals surface area contributed by atoms with Crippen molar-refractivity contribution in [3.05, 3.63) is 93.5 Å². The largest absolute Gasteiger partial charge is 0.339 e. The van der Waals surface area contributed by atoms with E-state index in [0.717, 1.165) is 22.1 Å². The molecule has 3 aromatic carbocycles. The summed E-state index contributed by atoms with van der Waals surface area (Å²) < 4.78 is 31.4. The van der Waals surface area contributed by atoms with Crippen LogP contribution in [0.25, 0.3) is 22.0 Å². The fraction of sp³-hybridized carbons (Fsp3) is 0.185. The molecule has 0 fully saturated rings. The number of amides is 1. The number of carbonyl (C=O) groups excluding carboxylic acids is 1. The quantitative estimate of drug-likeness (QED) is 0.260. The van der Waals surface area contributed by atoms with Gasteiger partial charge >= 0.3 is 10.1 Å². The highest BCUT2D eigenvalue weighted by Crippen LogP contribution is 2.36. The molecule has 0 aliphatic heterocycles. The molecule has 0 N–H and O–H groups in total. The molecule has 0 atom stereocenters. The average Bonchev–Trinajstić information content (AvgIpc) is 2.83. The molecule has 1 heterocycles. The van der Waals surface area contributed by atoms with E-state index >= 15 is 0 Å². The van der Waals surface area contributed by atoms with Gasteiger partial charge in [0.1, 0.15) is 6.61 Å². The Morgan fingerprint density at radius 3 is 2.31 bits per heavy atom. The lowest BCUT2D eigenvalue weighted by molar-refractivity contribution is -0.132. The number of fused-ring (bicyclic) bond motifs is 1. The summed E-state index contributed by atoms with van der Waals surface area (Å²) >= 11 is 12.6. The first kappa shape index (κ1) is 26.1. The van der Waals surface area contributed by atoms with E-state index in [0.29, 0.717) is 26.7 Å². The van der Waals surface area contributed by atoms with Gasteiger partial charge in [0.15, 0.2) is 5.03 Å². The maximum atomic E-state index is 13.1. The van der Waals surface area contributed by atoms with Gasteiger partial charge in [-0.2, -0.15) is 8.42 Å². The van der Waals surface area contributed by atoms with E-state index in [4.69, 9.17) is 27.4 Å². The van der Waals surface area contributed by atoms with Crippen LogP contribution >= 0.6 is 23.2 Å². The highest BCUT2D eigenvalue weighted by Gasteiger charge is 2.24. The van der Waals surface area contributed by atoms with Gasteiger partial charge < -0.3 is 4.90 Å². The molecule has 1 aromatic heterocycles. The number of hydrogen-bond donors (Lipinski definition) is 0. The SMILES string of the molecule is Cc1cc(C)c2c(-c3ccccc3Cl)cc(S(=O)(=O)OCC(=O)N(C)Cc3ccccc3Cl)nc2c1. The van der Waals surface area contributed by atoms with Gasteiger partial charge in [0.25, 0.3) is 0 Å². The Morgan fingerprint density at radius 1 is 0.944 bits per heavy atom. The average molecular weight is 543 g/mol. The van der Waals surface area contributed by atoms with Crippen LogP contribution in [0.2, 0.25) is 10.0 Å². The van der Waals surface area contributed by atoms with E-state index in [1.807, 2.05) is 44.2 Å². The molecule has 0 unspecified atom stereocenters. The summed E-state index contributed by atoms with van der Waals surface area (Å²) in [6.45, 7) is 3.40. The van der Waals surface area contributed by atoms with E-state index in [1.54, 1.807) is 37.4 Å². The molecule has 0 spiro atoms. The van der Waals surface area contributed by atoms with Crippen LogP contribution in [-0.4, -0.2) is 37.9 Å². The molecule has 0 aliphatic rings. The zero-order chi connectivity index (χ0) is 26.0. The van der Waals surface area contributed by atoms with Crippen LogP contribution in [0.5, 0.6) is 0 Å². The molecule has 4 rings (SSSR count). The summed E-state index contributed by atoms with van der Waals surface area (Å²) in [7, 11) is -2.81. The molecule has 186 valence electrons. The van der Waals surface area contributed by atoms with E-state index in [9.17, 15) is 13.2 Å². The minimum absolute atomic E-state index is 0.214. The molecule has 0 saturated carbocycles. The highest BCUT2D eigenvalue weighted by atomic mass is 35.5. The molecule has 6 nitrogen and oxygen atoms in total. The number of rotatable bonds is 7. The first-order chi connectivity index (χ1) is 17.1. The van der Waals surface area contributed by atoms with Crippen LogP contribution in [0.4, 0.5) is 0 Å². The lowest BCUT2D eigenvalue weighted by Gasteiger charge is -2.18. The van der Waals surface area contributed by atoms with Gasteiger partial charge in [-0.3, -0.25) is 8.98 Å². The minimum Gasteiger partial charge on any atom is -0.339 e. The number of pyridine rings is 1. The Labute approximate surface area is 220 Å². The molecule has 4 aromatic rings. The van der Waals surface area contributed by atoms with Crippen molar-refractivity contribution < 1.29 is 17.4 Å². The molecule has 0 bridgehead atoms. The third-order valence-electron chi connectivity index (χ3n) is 5.78. The van der Waals surface area contributed by atoms with Gasteiger partial charge in [0.05, 0.1) is 5.52 Å². The van der Waals surface area contributed by atoms with Crippen molar-refractivity contribution in [3.63, 3.8) is 0 Å².